The summed E-state index contributed by atoms with van der Waals surface area (Å²) in [4.78, 5) is 0. The number of rotatable bonds is 8. The SMILES string of the molecule is O[C@@H]1OCCC[C@@H]1C(F)(F)C(F)(F)C(F)(F)C(F)(F)C(F)(F)C(F)(F)C(F)(F)C(F)(F)Cl. The lowest BCUT2D eigenvalue weighted by Gasteiger charge is -2.45. The van der Waals surface area contributed by atoms with Gasteiger partial charge < -0.3 is 9.84 Å². The number of aliphatic hydroxyl groups excluding tert-OH is 1. The summed E-state index contributed by atoms with van der Waals surface area (Å²) >= 11 is 3.42. The van der Waals surface area contributed by atoms with Crippen molar-refractivity contribution in [1.29, 1.82) is 0 Å². The zero-order valence-corrected chi connectivity index (χ0v) is 15.3. The highest BCUT2D eigenvalue weighted by Gasteiger charge is 2.95. The summed E-state index contributed by atoms with van der Waals surface area (Å²) in [5.74, 6) is -59.2. The summed E-state index contributed by atoms with van der Waals surface area (Å²) in [7, 11) is 0. The highest BCUT2D eigenvalue weighted by molar-refractivity contribution is 6.22. The predicted octanol–water partition coefficient (Wildman–Crippen LogP) is 6.01. The number of halogens is 17. The van der Waals surface area contributed by atoms with Crippen LogP contribution in [0.4, 0.5) is 70.2 Å². The molecule has 19 heteroatoms. The van der Waals surface area contributed by atoms with E-state index in [-0.39, 0.29) is 0 Å². The minimum Gasteiger partial charge on any atom is -0.367 e. The first kappa shape index (κ1) is 29.1. The van der Waals surface area contributed by atoms with Crippen LogP contribution in [0.5, 0.6) is 0 Å². The summed E-state index contributed by atoms with van der Waals surface area (Å²) in [6.07, 6.45) is -5.08. The van der Waals surface area contributed by atoms with Crippen LogP contribution in [0.2, 0.25) is 0 Å². The summed E-state index contributed by atoms with van der Waals surface area (Å²) in [5.41, 5.74) is 0. The largest absolute Gasteiger partial charge is 0.393 e. The second-order valence-electron chi connectivity index (χ2n) is 6.58. The molecule has 1 rings (SSSR count). The van der Waals surface area contributed by atoms with Crippen LogP contribution in [0.3, 0.4) is 0 Å². The van der Waals surface area contributed by atoms with Crippen molar-refractivity contribution in [2.24, 2.45) is 5.92 Å². The van der Waals surface area contributed by atoms with E-state index in [1.807, 2.05) is 0 Å². The fraction of sp³-hybridized carbons (Fsp3) is 1.00. The van der Waals surface area contributed by atoms with Crippen LogP contribution in [0.25, 0.3) is 0 Å². The molecule has 32 heavy (non-hydrogen) atoms. The molecule has 2 nitrogen and oxygen atoms in total. The smallest absolute Gasteiger partial charge is 0.367 e. The third-order valence-electron chi connectivity index (χ3n) is 4.50. The second kappa shape index (κ2) is 7.81. The monoisotopic (exact) mass is 536 g/mol. The molecule has 1 fully saturated rings. The molecule has 192 valence electrons. The quantitative estimate of drug-likeness (QED) is 0.304. The van der Waals surface area contributed by atoms with Crippen LogP contribution < -0.4 is 0 Å². The van der Waals surface area contributed by atoms with Gasteiger partial charge in [-0.15, -0.1) is 0 Å². The predicted molar refractivity (Wildman–Crippen MR) is 70.1 cm³/mol. The van der Waals surface area contributed by atoms with E-state index in [9.17, 15) is 70.2 Å². The van der Waals surface area contributed by atoms with Crippen molar-refractivity contribution in [3.63, 3.8) is 0 Å². The Balaban J connectivity index is 3.61. The van der Waals surface area contributed by atoms with Crippen molar-refractivity contribution >= 4 is 11.6 Å². The van der Waals surface area contributed by atoms with Gasteiger partial charge in [0.25, 0.3) is 0 Å². The van der Waals surface area contributed by atoms with Gasteiger partial charge >= 0.3 is 46.8 Å². The Morgan fingerprint density at radius 3 is 1.28 bits per heavy atom. The van der Waals surface area contributed by atoms with Crippen LogP contribution in [0.15, 0.2) is 0 Å². The summed E-state index contributed by atoms with van der Waals surface area (Å²) in [5, 5.41) is 2.27. The van der Waals surface area contributed by atoms with Crippen molar-refractivity contribution in [3.8, 4) is 0 Å². The van der Waals surface area contributed by atoms with E-state index in [0.29, 0.717) is 0 Å². The van der Waals surface area contributed by atoms with Gasteiger partial charge in [0.15, 0.2) is 6.29 Å². The Morgan fingerprint density at radius 1 is 0.594 bits per heavy atom. The maximum atomic E-state index is 13.9. The molecule has 1 N–H and O–H groups in total. The van der Waals surface area contributed by atoms with Gasteiger partial charge in [0.05, 0.1) is 5.92 Å². The fourth-order valence-electron chi connectivity index (χ4n) is 2.54. The Bertz CT molecular complexity index is 688. The molecule has 0 saturated carbocycles. The molecule has 0 spiro atoms. The molecule has 0 aromatic heterocycles. The van der Waals surface area contributed by atoms with Gasteiger partial charge in [0, 0.05) is 6.61 Å². The van der Waals surface area contributed by atoms with Gasteiger partial charge in [0.2, 0.25) is 0 Å². The highest BCUT2D eigenvalue weighted by Crippen LogP contribution is 2.65. The molecule has 2 atom stereocenters. The number of ether oxygens (including phenoxy) is 1. The molecule has 1 saturated heterocycles. The van der Waals surface area contributed by atoms with E-state index in [2.05, 4.69) is 16.3 Å². The number of alkyl halides is 17. The molecule has 1 heterocycles. The maximum absolute atomic E-state index is 13.9. The standard InChI is InChI=1S/C13H9ClF16O2/c14-13(29,30)12(27,28)11(25,26)10(23,24)9(21,22)8(19,20)7(17,18)6(15,16)4-2-1-3-32-5(4)31/h4-5,31H,1-3H2/t4-,5+/m0/s1. The Labute approximate surface area is 171 Å². The van der Waals surface area contributed by atoms with Crippen LogP contribution in [-0.4, -0.2) is 64.8 Å². The van der Waals surface area contributed by atoms with E-state index in [4.69, 9.17) is 5.11 Å². The zero-order valence-electron chi connectivity index (χ0n) is 14.6. The summed E-state index contributed by atoms with van der Waals surface area (Å²) < 4.78 is 218. The molecule has 0 aromatic carbocycles. The Morgan fingerprint density at radius 2 is 0.938 bits per heavy atom. The van der Waals surface area contributed by atoms with Gasteiger partial charge in [0.1, 0.15) is 0 Å². The summed E-state index contributed by atoms with van der Waals surface area (Å²) in [6.45, 7) is -0.627. The van der Waals surface area contributed by atoms with Crippen LogP contribution >= 0.6 is 11.6 Å². The molecule has 0 bridgehead atoms. The molecule has 1 aliphatic rings. The van der Waals surface area contributed by atoms with E-state index in [0.717, 1.165) is 0 Å². The van der Waals surface area contributed by atoms with Crippen LogP contribution in [-0.2, 0) is 4.74 Å². The number of hydrogen-bond acceptors (Lipinski definition) is 2. The molecule has 0 radical (unpaired) electrons. The molecule has 0 unspecified atom stereocenters. The van der Waals surface area contributed by atoms with Crippen LogP contribution in [0.1, 0.15) is 12.8 Å². The van der Waals surface area contributed by atoms with E-state index in [1.165, 1.54) is 0 Å². The maximum Gasteiger partial charge on any atom is 0.393 e. The molecule has 0 aliphatic carbocycles. The van der Waals surface area contributed by atoms with Gasteiger partial charge in [-0.1, -0.05) is 0 Å². The lowest BCUT2D eigenvalue weighted by atomic mass is 9.82. The van der Waals surface area contributed by atoms with E-state index in [1.54, 1.807) is 0 Å². The lowest BCUT2D eigenvalue weighted by Crippen LogP contribution is -2.75. The van der Waals surface area contributed by atoms with Gasteiger partial charge in [-0.05, 0) is 24.4 Å². The van der Waals surface area contributed by atoms with Gasteiger partial charge in [-0.25, -0.2) is 0 Å². The number of hydrogen-bond donors (Lipinski definition) is 1. The van der Waals surface area contributed by atoms with Crippen molar-refractivity contribution in [1.82, 2.24) is 0 Å². The molecule has 0 amide bonds. The fourth-order valence-corrected chi connectivity index (χ4v) is 2.65. The summed E-state index contributed by atoms with van der Waals surface area (Å²) in [6, 6.07) is 0. The molecular formula is C13H9ClF16O2. The van der Waals surface area contributed by atoms with Crippen molar-refractivity contribution in [2.45, 2.75) is 66.0 Å². The third-order valence-corrected chi connectivity index (χ3v) is 4.74. The van der Waals surface area contributed by atoms with Crippen molar-refractivity contribution in [3.05, 3.63) is 0 Å². The van der Waals surface area contributed by atoms with E-state index >= 15 is 0 Å². The Hall–Kier alpha value is -0.910. The van der Waals surface area contributed by atoms with Crippen molar-refractivity contribution < 1.29 is 80.1 Å². The topological polar surface area (TPSA) is 29.5 Å². The minimum atomic E-state index is -8.51. The molecule has 0 aromatic rings. The molecule has 1 aliphatic heterocycles. The van der Waals surface area contributed by atoms with Gasteiger partial charge in [-0.2, -0.15) is 70.2 Å². The first-order valence-electron chi connectivity index (χ1n) is 7.78. The van der Waals surface area contributed by atoms with Crippen LogP contribution in [0, 0.1) is 5.92 Å². The molecular weight excluding hydrogens is 528 g/mol. The average Bonchev–Trinajstić information content (AvgIpc) is 2.59. The van der Waals surface area contributed by atoms with E-state index < -0.39 is 78.5 Å². The highest BCUT2D eigenvalue weighted by atomic mass is 35.5. The number of aliphatic hydroxyl groups is 1. The second-order valence-corrected chi connectivity index (χ2v) is 7.05. The normalized spacial score (nSPS) is 23.4. The van der Waals surface area contributed by atoms with Gasteiger partial charge in [-0.3, -0.25) is 0 Å². The first-order chi connectivity index (χ1) is 13.8. The average molecular weight is 537 g/mol. The Kier molecular flexibility index (Phi) is 7.11. The zero-order chi connectivity index (χ0) is 26.0. The first-order valence-corrected chi connectivity index (χ1v) is 8.15. The minimum absolute atomic E-state index is 0.627. The lowest BCUT2D eigenvalue weighted by molar-refractivity contribution is -0.454. The van der Waals surface area contributed by atoms with Crippen molar-refractivity contribution in [2.75, 3.05) is 6.61 Å². The third kappa shape index (κ3) is 3.67.